The average molecular weight is 293 g/mol. The number of nitrogens with one attached hydrogen (secondary N) is 1. The number of rotatable bonds is 7. The van der Waals surface area contributed by atoms with Crippen LogP contribution in [0.3, 0.4) is 0 Å². The lowest BCUT2D eigenvalue weighted by Gasteiger charge is -2.13. The van der Waals surface area contributed by atoms with Crippen molar-refractivity contribution in [1.82, 2.24) is 25.5 Å². The summed E-state index contributed by atoms with van der Waals surface area (Å²) >= 11 is 0. The number of benzene rings is 1. The Morgan fingerprint density at radius 3 is 2.86 bits per heavy atom. The van der Waals surface area contributed by atoms with E-state index in [1.165, 1.54) is 10.7 Å². The Morgan fingerprint density at radius 1 is 1.38 bits per heavy atom. The number of nitrogens with zero attached hydrogens (tertiary/aromatic N) is 4. The van der Waals surface area contributed by atoms with Crippen LogP contribution < -0.4 is 10.1 Å². The van der Waals surface area contributed by atoms with Crippen molar-refractivity contribution < 1.29 is 9.13 Å². The third kappa shape index (κ3) is 3.55. The molecule has 1 atom stereocenters. The number of ether oxygens (including phenoxy) is 1. The maximum atomic E-state index is 13.9. The van der Waals surface area contributed by atoms with Gasteiger partial charge in [-0.2, -0.15) is 4.68 Å². The molecule has 1 heterocycles. The summed E-state index contributed by atoms with van der Waals surface area (Å²) in [5.74, 6) is 0.449. The van der Waals surface area contributed by atoms with Crippen molar-refractivity contribution in [2.24, 2.45) is 0 Å². The second-order valence-electron chi connectivity index (χ2n) is 4.67. The summed E-state index contributed by atoms with van der Waals surface area (Å²) in [5.41, 5.74) is 0.570. The lowest BCUT2D eigenvalue weighted by atomic mass is 10.2. The highest BCUT2D eigenvalue weighted by Gasteiger charge is 2.16. The van der Waals surface area contributed by atoms with Crippen LogP contribution in [0.5, 0.6) is 5.75 Å². The molecule has 0 radical (unpaired) electrons. The molecule has 0 amide bonds. The SMILES string of the molecule is CCCNC(C)c1nnnn1-c1ccc(OCC)c(F)c1. The van der Waals surface area contributed by atoms with Crippen LogP contribution in [-0.2, 0) is 0 Å². The molecule has 114 valence electrons. The van der Waals surface area contributed by atoms with Crippen molar-refractivity contribution in [3.63, 3.8) is 0 Å². The molecule has 0 saturated heterocycles. The van der Waals surface area contributed by atoms with Crippen LogP contribution in [0.15, 0.2) is 18.2 Å². The molecule has 0 aliphatic rings. The van der Waals surface area contributed by atoms with Crippen molar-refractivity contribution >= 4 is 0 Å². The van der Waals surface area contributed by atoms with E-state index in [9.17, 15) is 4.39 Å². The molecule has 0 aliphatic heterocycles. The fourth-order valence-electron chi connectivity index (χ4n) is 1.99. The average Bonchev–Trinajstić information content (AvgIpc) is 2.96. The summed E-state index contributed by atoms with van der Waals surface area (Å²) in [6.07, 6.45) is 1.02. The summed E-state index contributed by atoms with van der Waals surface area (Å²) < 4.78 is 20.7. The lowest BCUT2D eigenvalue weighted by molar-refractivity contribution is 0.321. The zero-order valence-electron chi connectivity index (χ0n) is 12.5. The molecule has 21 heavy (non-hydrogen) atoms. The maximum absolute atomic E-state index is 13.9. The Labute approximate surface area is 123 Å². The Bertz CT molecular complexity index is 586. The summed E-state index contributed by atoms with van der Waals surface area (Å²) in [5, 5.41) is 15.0. The minimum atomic E-state index is -0.426. The number of tetrazole rings is 1. The smallest absolute Gasteiger partial charge is 0.173 e. The summed E-state index contributed by atoms with van der Waals surface area (Å²) in [7, 11) is 0. The normalized spacial score (nSPS) is 12.4. The predicted molar refractivity (Wildman–Crippen MR) is 77.0 cm³/mol. The molecule has 2 aromatic rings. The molecule has 1 unspecified atom stereocenters. The first-order chi connectivity index (χ1) is 10.2. The van der Waals surface area contributed by atoms with E-state index in [1.54, 1.807) is 12.1 Å². The molecule has 0 aliphatic carbocycles. The summed E-state index contributed by atoms with van der Waals surface area (Å²) in [4.78, 5) is 0. The molecule has 6 nitrogen and oxygen atoms in total. The minimum absolute atomic E-state index is 0.0189. The maximum Gasteiger partial charge on any atom is 0.173 e. The zero-order valence-corrected chi connectivity index (χ0v) is 12.5. The molecule has 0 saturated carbocycles. The Morgan fingerprint density at radius 2 is 2.19 bits per heavy atom. The standard InChI is InChI=1S/C14H20FN5O/c1-4-8-16-10(3)14-17-18-19-20(14)11-6-7-13(21-5-2)12(15)9-11/h6-7,9-10,16H,4-5,8H2,1-3H3. The van der Waals surface area contributed by atoms with Gasteiger partial charge < -0.3 is 10.1 Å². The fourth-order valence-corrected chi connectivity index (χ4v) is 1.99. The number of hydrogen-bond acceptors (Lipinski definition) is 5. The summed E-state index contributed by atoms with van der Waals surface area (Å²) in [6.45, 7) is 7.16. The van der Waals surface area contributed by atoms with E-state index in [0.29, 0.717) is 18.1 Å². The van der Waals surface area contributed by atoms with E-state index in [0.717, 1.165) is 13.0 Å². The first kappa shape index (κ1) is 15.4. The van der Waals surface area contributed by atoms with Gasteiger partial charge in [-0.1, -0.05) is 6.92 Å². The van der Waals surface area contributed by atoms with Crippen LogP contribution in [0.1, 0.15) is 39.1 Å². The predicted octanol–water partition coefficient (Wildman–Crippen LogP) is 2.26. The molecule has 7 heteroatoms. The fraction of sp³-hybridized carbons (Fsp3) is 0.500. The van der Waals surface area contributed by atoms with Gasteiger partial charge in [0.05, 0.1) is 18.3 Å². The van der Waals surface area contributed by atoms with Crippen LogP contribution in [0.2, 0.25) is 0 Å². The Kier molecular flexibility index (Phi) is 5.21. The van der Waals surface area contributed by atoms with Gasteiger partial charge in [-0.15, -0.1) is 5.10 Å². The first-order valence-electron chi connectivity index (χ1n) is 7.11. The van der Waals surface area contributed by atoms with Gasteiger partial charge in [0.1, 0.15) is 0 Å². The molecule has 0 fully saturated rings. The van der Waals surface area contributed by atoms with E-state index in [4.69, 9.17) is 4.74 Å². The van der Waals surface area contributed by atoms with Crippen molar-refractivity contribution in [3.8, 4) is 11.4 Å². The molecule has 1 aromatic heterocycles. The lowest BCUT2D eigenvalue weighted by Crippen LogP contribution is -2.22. The highest BCUT2D eigenvalue weighted by Crippen LogP contribution is 2.21. The van der Waals surface area contributed by atoms with Crippen LogP contribution in [-0.4, -0.2) is 33.4 Å². The monoisotopic (exact) mass is 293 g/mol. The number of aromatic nitrogens is 4. The van der Waals surface area contributed by atoms with Crippen LogP contribution >= 0.6 is 0 Å². The van der Waals surface area contributed by atoms with E-state index in [2.05, 4.69) is 27.8 Å². The second-order valence-corrected chi connectivity index (χ2v) is 4.67. The van der Waals surface area contributed by atoms with E-state index >= 15 is 0 Å². The van der Waals surface area contributed by atoms with Gasteiger partial charge in [-0.3, -0.25) is 0 Å². The van der Waals surface area contributed by atoms with Gasteiger partial charge in [-0.05, 0) is 49.4 Å². The van der Waals surface area contributed by atoms with Crippen molar-refractivity contribution in [3.05, 3.63) is 29.8 Å². The van der Waals surface area contributed by atoms with Crippen LogP contribution in [0.25, 0.3) is 5.69 Å². The van der Waals surface area contributed by atoms with Gasteiger partial charge in [0.25, 0.3) is 0 Å². The molecular formula is C14H20FN5O. The van der Waals surface area contributed by atoms with Crippen molar-refractivity contribution in [1.29, 1.82) is 0 Å². The molecule has 1 aromatic carbocycles. The first-order valence-corrected chi connectivity index (χ1v) is 7.11. The topological polar surface area (TPSA) is 64.9 Å². The quantitative estimate of drug-likeness (QED) is 0.848. The molecular weight excluding hydrogens is 273 g/mol. The zero-order chi connectivity index (χ0) is 15.2. The Balaban J connectivity index is 2.26. The van der Waals surface area contributed by atoms with Gasteiger partial charge >= 0.3 is 0 Å². The number of hydrogen-bond donors (Lipinski definition) is 1. The number of halogens is 1. The van der Waals surface area contributed by atoms with E-state index in [1.807, 2.05) is 13.8 Å². The van der Waals surface area contributed by atoms with E-state index in [-0.39, 0.29) is 11.8 Å². The third-order valence-electron chi connectivity index (χ3n) is 3.04. The van der Waals surface area contributed by atoms with Crippen LogP contribution in [0, 0.1) is 5.82 Å². The van der Waals surface area contributed by atoms with E-state index < -0.39 is 5.82 Å². The van der Waals surface area contributed by atoms with Crippen molar-refractivity contribution in [2.75, 3.05) is 13.2 Å². The van der Waals surface area contributed by atoms with Gasteiger partial charge in [-0.25, -0.2) is 4.39 Å². The molecule has 2 rings (SSSR count). The third-order valence-corrected chi connectivity index (χ3v) is 3.04. The van der Waals surface area contributed by atoms with Gasteiger partial charge in [0.15, 0.2) is 17.4 Å². The molecule has 0 spiro atoms. The largest absolute Gasteiger partial charge is 0.491 e. The van der Waals surface area contributed by atoms with Crippen molar-refractivity contribution in [2.45, 2.75) is 33.2 Å². The van der Waals surface area contributed by atoms with Gasteiger partial charge in [0, 0.05) is 6.07 Å². The minimum Gasteiger partial charge on any atom is -0.491 e. The Hall–Kier alpha value is -2.02. The highest BCUT2D eigenvalue weighted by molar-refractivity contribution is 5.38. The second kappa shape index (κ2) is 7.12. The highest BCUT2D eigenvalue weighted by atomic mass is 19.1. The molecule has 1 N–H and O–H groups in total. The summed E-state index contributed by atoms with van der Waals surface area (Å²) in [6, 6.07) is 4.68. The van der Waals surface area contributed by atoms with Crippen LogP contribution in [0.4, 0.5) is 4.39 Å². The van der Waals surface area contributed by atoms with Gasteiger partial charge in [0.2, 0.25) is 0 Å². The molecule has 0 bridgehead atoms.